The van der Waals surface area contributed by atoms with Crippen molar-refractivity contribution in [1.29, 1.82) is 0 Å². The van der Waals surface area contributed by atoms with Gasteiger partial charge in [-0.3, -0.25) is 0 Å². The van der Waals surface area contributed by atoms with Crippen LogP contribution < -0.4 is 0 Å². The van der Waals surface area contributed by atoms with Crippen molar-refractivity contribution < 1.29 is 5.11 Å². The molecule has 3 nitrogen and oxygen atoms in total. The van der Waals surface area contributed by atoms with Crippen LogP contribution in [0.5, 0.6) is 0 Å². The Morgan fingerprint density at radius 3 is 2.21 bits per heavy atom. The molecule has 0 aliphatic carbocycles. The van der Waals surface area contributed by atoms with Crippen LogP contribution in [-0.4, -0.2) is 20.8 Å². The second-order valence-electron chi connectivity index (χ2n) is 7.40. The van der Waals surface area contributed by atoms with Crippen LogP contribution in [0.1, 0.15) is 30.3 Å². The molecule has 28 heavy (non-hydrogen) atoms. The number of aryl methyl sites for hydroxylation is 2. The third kappa shape index (κ3) is 2.78. The molecule has 0 aliphatic heterocycles. The predicted molar refractivity (Wildman–Crippen MR) is 117 cm³/mol. The van der Waals surface area contributed by atoms with Gasteiger partial charge in [0.1, 0.15) is 0 Å². The number of hydrogen-bond acceptors (Lipinski definition) is 1. The number of nitrogens with zero attached hydrogens (tertiary/aromatic N) is 2. The predicted octanol–water partition coefficient (Wildman–Crippen LogP) is 5.85. The molecule has 4 rings (SSSR count). The van der Waals surface area contributed by atoms with Gasteiger partial charge in [0.15, 0.2) is 0 Å². The van der Waals surface area contributed by atoms with Gasteiger partial charge in [-0.05, 0) is 68.3 Å². The van der Waals surface area contributed by atoms with E-state index in [2.05, 4.69) is 72.5 Å². The van der Waals surface area contributed by atoms with Gasteiger partial charge in [0.05, 0.1) is 23.3 Å². The lowest BCUT2D eigenvalue weighted by atomic mass is 9.87. The van der Waals surface area contributed by atoms with E-state index in [-0.39, 0.29) is 6.61 Å². The number of hydrogen-bond donors (Lipinski definition) is 1. The lowest BCUT2D eigenvalue weighted by molar-refractivity contribution is 0.165. The largest absolute Gasteiger partial charge is 0.394 e. The van der Waals surface area contributed by atoms with E-state index >= 15 is 0 Å². The van der Waals surface area contributed by atoms with Crippen molar-refractivity contribution in [3.63, 3.8) is 0 Å². The van der Waals surface area contributed by atoms with E-state index in [1.54, 1.807) is 0 Å². The monoisotopic (exact) mass is 392 g/mol. The molecule has 2 heterocycles. The van der Waals surface area contributed by atoms with E-state index in [9.17, 15) is 5.11 Å². The Morgan fingerprint density at radius 2 is 1.61 bits per heavy atom. The van der Waals surface area contributed by atoms with Gasteiger partial charge in [-0.1, -0.05) is 36.7 Å². The molecule has 0 saturated carbocycles. The van der Waals surface area contributed by atoms with Gasteiger partial charge in [0.25, 0.3) is 0 Å². The SMILES string of the molecule is CCC(CO)(c1ccc(Cl)cc1)n1ccc2c(-n3c(C)ccc3C)cccc21. The number of aliphatic hydroxyl groups is 1. The zero-order chi connectivity index (χ0) is 19.9. The van der Waals surface area contributed by atoms with E-state index in [0.29, 0.717) is 5.02 Å². The van der Waals surface area contributed by atoms with Gasteiger partial charge < -0.3 is 14.2 Å². The van der Waals surface area contributed by atoms with Crippen molar-refractivity contribution in [2.45, 2.75) is 32.7 Å². The van der Waals surface area contributed by atoms with E-state index in [4.69, 9.17) is 11.6 Å². The van der Waals surface area contributed by atoms with E-state index < -0.39 is 5.54 Å². The Bertz CT molecular complexity index is 1100. The van der Waals surface area contributed by atoms with Crippen molar-refractivity contribution in [2.24, 2.45) is 0 Å². The Hall–Kier alpha value is -2.49. The second kappa shape index (κ2) is 7.16. The van der Waals surface area contributed by atoms with Crippen molar-refractivity contribution in [3.8, 4) is 5.69 Å². The summed E-state index contributed by atoms with van der Waals surface area (Å²) >= 11 is 6.10. The first kappa shape index (κ1) is 18.9. The topological polar surface area (TPSA) is 30.1 Å². The quantitative estimate of drug-likeness (QED) is 0.453. The van der Waals surface area contributed by atoms with E-state index in [1.807, 2.05) is 24.3 Å². The number of aliphatic hydroxyl groups excluding tert-OH is 1. The molecule has 4 aromatic rings. The summed E-state index contributed by atoms with van der Waals surface area (Å²) in [5.41, 5.74) is 5.20. The molecule has 1 unspecified atom stereocenters. The van der Waals surface area contributed by atoms with Crippen LogP contribution in [0.25, 0.3) is 16.6 Å². The Kier molecular flexibility index (Phi) is 4.82. The number of benzene rings is 2. The average molecular weight is 393 g/mol. The molecule has 0 fully saturated rings. The summed E-state index contributed by atoms with van der Waals surface area (Å²) in [6.07, 6.45) is 2.86. The minimum atomic E-state index is -0.536. The number of fused-ring (bicyclic) bond motifs is 1. The molecule has 0 radical (unpaired) electrons. The number of rotatable bonds is 5. The minimum absolute atomic E-state index is 0.0146. The molecule has 0 spiro atoms. The molecular formula is C24H25ClN2O. The van der Waals surface area contributed by atoms with Crippen molar-refractivity contribution in [2.75, 3.05) is 6.61 Å². The van der Waals surface area contributed by atoms with Crippen LogP contribution in [-0.2, 0) is 5.54 Å². The van der Waals surface area contributed by atoms with Crippen molar-refractivity contribution in [3.05, 3.63) is 88.8 Å². The molecule has 4 heteroatoms. The molecule has 144 valence electrons. The van der Waals surface area contributed by atoms with Crippen LogP contribution in [0.15, 0.2) is 66.9 Å². The highest BCUT2D eigenvalue weighted by molar-refractivity contribution is 6.30. The fourth-order valence-electron chi connectivity index (χ4n) is 4.32. The van der Waals surface area contributed by atoms with Gasteiger partial charge in [-0.15, -0.1) is 0 Å². The third-order valence-corrected chi connectivity index (χ3v) is 6.16. The fourth-order valence-corrected chi connectivity index (χ4v) is 4.45. The highest BCUT2D eigenvalue weighted by Crippen LogP contribution is 2.36. The molecule has 1 atom stereocenters. The molecule has 0 saturated heterocycles. The van der Waals surface area contributed by atoms with E-state index in [0.717, 1.165) is 23.2 Å². The summed E-state index contributed by atoms with van der Waals surface area (Å²) in [4.78, 5) is 0. The van der Waals surface area contributed by atoms with E-state index in [1.165, 1.54) is 16.8 Å². The second-order valence-corrected chi connectivity index (χ2v) is 7.83. The smallest absolute Gasteiger partial charge is 0.0924 e. The third-order valence-electron chi connectivity index (χ3n) is 5.91. The maximum absolute atomic E-state index is 10.5. The highest BCUT2D eigenvalue weighted by atomic mass is 35.5. The first-order valence-electron chi connectivity index (χ1n) is 9.64. The normalized spacial score (nSPS) is 13.8. The van der Waals surface area contributed by atoms with Crippen molar-refractivity contribution >= 4 is 22.5 Å². The Balaban J connectivity index is 1.96. The Labute approximate surface area is 170 Å². The zero-order valence-electron chi connectivity index (χ0n) is 16.5. The van der Waals surface area contributed by atoms with Gasteiger partial charge in [-0.25, -0.2) is 0 Å². The van der Waals surface area contributed by atoms with Crippen LogP contribution in [0, 0.1) is 13.8 Å². The molecule has 1 N–H and O–H groups in total. The van der Waals surface area contributed by atoms with Gasteiger partial charge in [0, 0.05) is 28.0 Å². The first-order chi connectivity index (χ1) is 13.5. The summed E-state index contributed by atoms with van der Waals surface area (Å²) in [5.74, 6) is 0. The molecule has 2 aromatic carbocycles. The summed E-state index contributed by atoms with van der Waals surface area (Å²) in [5, 5.41) is 12.4. The summed E-state index contributed by atoms with van der Waals surface area (Å²) < 4.78 is 4.49. The first-order valence-corrected chi connectivity index (χ1v) is 10.0. The van der Waals surface area contributed by atoms with Crippen LogP contribution in [0.4, 0.5) is 0 Å². The number of halogens is 1. The zero-order valence-corrected chi connectivity index (χ0v) is 17.2. The van der Waals surface area contributed by atoms with Gasteiger partial charge in [-0.2, -0.15) is 0 Å². The van der Waals surface area contributed by atoms with Crippen LogP contribution >= 0.6 is 11.6 Å². The molecular weight excluding hydrogens is 368 g/mol. The van der Waals surface area contributed by atoms with Crippen molar-refractivity contribution in [1.82, 2.24) is 9.13 Å². The number of aromatic nitrogens is 2. The summed E-state index contributed by atoms with van der Waals surface area (Å²) in [7, 11) is 0. The summed E-state index contributed by atoms with van der Waals surface area (Å²) in [6.45, 7) is 6.38. The standard InChI is InChI=1S/C24H25ClN2O/c1-4-24(16-28,19-10-12-20(25)13-11-19)26-15-14-21-22(26)6-5-7-23(21)27-17(2)8-9-18(27)3/h5-15,28H,4,16H2,1-3H3. The maximum atomic E-state index is 10.5. The molecule has 0 aliphatic rings. The molecule has 2 aromatic heterocycles. The summed E-state index contributed by atoms with van der Waals surface area (Å²) in [6, 6.07) is 20.6. The molecule has 0 amide bonds. The average Bonchev–Trinajstić information content (AvgIpc) is 3.28. The molecule has 0 bridgehead atoms. The Morgan fingerprint density at radius 1 is 0.929 bits per heavy atom. The van der Waals surface area contributed by atoms with Gasteiger partial charge >= 0.3 is 0 Å². The maximum Gasteiger partial charge on any atom is 0.0924 e. The lowest BCUT2D eigenvalue weighted by Gasteiger charge is -2.34. The lowest BCUT2D eigenvalue weighted by Crippen LogP contribution is -2.37. The van der Waals surface area contributed by atoms with Crippen LogP contribution in [0.2, 0.25) is 5.02 Å². The minimum Gasteiger partial charge on any atom is -0.394 e. The van der Waals surface area contributed by atoms with Gasteiger partial charge in [0.2, 0.25) is 0 Å². The highest BCUT2D eigenvalue weighted by Gasteiger charge is 2.33. The fraction of sp³-hybridized carbons (Fsp3) is 0.250. The van der Waals surface area contributed by atoms with Crippen LogP contribution in [0.3, 0.4) is 0 Å².